The van der Waals surface area contributed by atoms with Crippen LogP contribution in [0.1, 0.15) is 49.7 Å². The molecule has 1 aliphatic rings. The van der Waals surface area contributed by atoms with Crippen LogP contribution in [0.15, 0.2) is 11.2 Å². The number of carbonyl (C=O) groups is 1. The number of piperidine rings is 1. The Morgan fingerprint density at radius 2 is 1.96 bits per heavy atom. The molecule has 0 aliphatic carbocycles. The maximum Gasteiger partial charge on any atom is 0.261 e. The highest BCUT2D eigenvalue weighted by Crippen LogP contribution is 2.34. The lowest BCUT2D eigenvalue weighted by Gasteiger charge is -2.28. The van der Waals surface area contributed by atoms with E-state index in [4.69, 9.17) is 4.98 Å². The molecule has 2 aromatic rings. The summed E-state index contributed by atoms with van der Waals surface area (Å²) in [6, 6.07) is 1.95. The SMILES string of the molecule is CSc1nc(N2CCCCC2)c2cc(C(=O)NC(C)(C)C)sc2n1. The summed E-state index contributed by atoms with van der Waals surface area (Å²) in [5, 5.41) is 4.80. The molecule has 1 N–H and O–H groups in total. The van der Waals surface area contributed by atoms with Crippen LogP contribution < -0.4 is 10.2 Å². The van der Waals surface area contributed by atoms with Gasteiger partial charge >= 0.3 is 0 Å². The number of rotatable bonds is 3. The van der Waals surface area contributed by atoms with Gasteiger partial charge < -0.3 is 10.2 Å². The normalized spacial score (nSPS) is 15.8. The molecule has 1 fully saturated rings. The van der Waals surface area contributed by atoms with Crippen LogP contribution in [-0.4, -0.2) is 40.8 Å². The second kappa shape index (κ2) is 6.88. The topological polar surface area (TPSA) is 58.1 Å². The summed E-state index contributed by atoms with van der Waals surface area (Å²) in [6.45, 7) is 8.02. The van der Waals surface area contributed by atoms with Crippen LogP contribution in [0.5, 0.6) is 0 Å². The van der Waals surface area contributed by atoms with E-state index in [1.54, 1.807) is 11.8 Å². The van der Waals surface area contributed by atoms with Gasteiger partial charge in [0.2, 0.25) is 0 Å². The Bertz CT molecular complexity index is 745. The Kier molecular flexibility index (Phi) is 5.01. The molecule has 3 rings (SSSR count). The van der Waals surface area contributed by atoms with E-state index in [0.717, 1.165) is 34.3 Å². The second-order valence-corrected chi connectivity index (χ2v) is 8.92. The highest BCUT2D eigenvalue weighted by Gasteiger charge is 2.22. The van der Waals surface area contributed by atoms with Gasteiger partial charge in [-0.3, -0.25) is 4.79 Å². The molecular formula is C17H24N4OS2. The lowest BCUT2D eigenvalue weighted by Crippen LogP contribution is -2.40. The van der Waals surface area contributed by atoms with Crippen molar-refractivity contribution in [1.29, 1.82) is 0 Å². The molecule has 3 heterocycles. The standard InChI is InChI=1S/C17H24N4OS2/c1-17(2,3)20-14(22)12-10-11-13(21-8-6-5-7-9-21)18-16(23-4)19-15(11)24-12/h10H,5-9H2,1-4H3,(H,20,22). The summed E-state index contributed by atoms with van der Waals surface area (Å²) in [5.41, 5.74) is -0.251. The third kappa shape index (κ3) is 3.83. The Morgan fingerprint density at radius 1 is 1.25 bits per heavy atom. The van der Waals surface area contributed by atoms with Crippen LogP contribution in [0.4, 0.5) is 5.82 Å². The van der Waals surface area contributed by atoms with Crippen LogP contribution in [0.2, 0.25) is 0 Å². The third-order valence-corrected chi connectivity index (χ3v) is 5.48. The highest BCUT2D eigenvalue weighted by atomic mass is 32.2. The Morgan fingerprint density at radius 3 is 2.58 bits per heavy atom. The number of anilines is 1. The maximum absolute atomic E-state index is 12.5. The van der Waals surface area contributed by atoms with Crippen LogP contribution in [0.3, 0.4) is 0 Å². The number of nitrogens with zero attached hydrogens (tertiary/aromatic N) is 3. The first-order valence-corrected chi connectivity index (χ1v) is 10.3. The van der Waals surface area contributed by atoms with Gasteiger partial charge in [-0.05, 0) is 52.4 Å². The van der Waals surface area contributed by atoms with Gasteiger partial charge in [-0.1, -0.05) is 11.8 Å². The number of fused-ring (bicyclic) bond motifs is 1. The molecule has 2 aromatic heterocycles. The average molecular weight is 365 g/mol. The van der Waals surface area contributed by atoms with E-state index in [-0.39, 0.29) is 11.4 Å². The molecule has 0 bridgehead atoms. The number of carbonyl (C=O) groups excluding carboxylic acids is 1. The van der Waals surface area contributed by atoms with E-state index in [1.165, 1.54) is 30.6 Å². The van der Waals surface area contributed by atoms with Crippen molar-refractivity contribution in [1.82, 2.24) is 15.3 Å². The van der Waals surface area contributed by atoms with Gasteiger partial charge in [-0.25, -0.2) is 9.97 Å². The number of hydrogen-bond donors (Lipinski definition) is 1. The van der Waals surface area contributed by atoms with Crippen molar-refractivity contribution >= 4 is 45.0 Å². The van der Waals surface area contributed by atoms with Gasteiger partial charge in [0.05, 0.1) is 10.3 Å². The molecule has 24 heavy (non-hydrogen) atoms. The van der Waals surface area contributed by atoms with Gasteiger partial charge in [-0.15, -0.1) is 11.3 Å². The molecule has 0 atom stereocenters. The summed E-state index contributed by atoms with van der Waals surface area (Å²) < 4.78 is 0. The zero-order valence-electron chi connectivity index (χ0n) is 14.7. The molecule has 130 valence electrons. The molecule has 0 radical (unpaired) electrons. The fraction of sp³-hybridized carbons (Fsp3) is 0.588. The van der Waals surface area contributed by atoms with E-state index in [9.17, 15) is 4.79 Å². The van der Waals surface area contributed by atoms with E-state index in [1.807, 2.05) is 33.1 Å². The van der Waals surface area contributed by atoms with Crippen molar-refractivity contribution in [3.63, 3.8) is 0 Å². The smallest absolute Gasteiger partial charge is 0.261 e. The molecule has 0 spiro atoms. The van der Waals surface area contributed by atoms with Crippen LogP contribution in [0, 0.1) is 0 Å². The first-order valence-electron chi connectivity index (χ1n) is 8.30. The number of thioether (sulfide) groups is 1. The summed E-state index contributed by atoms with van der Waals surface area (Å²) >= 11 is 3.00. The number of amides is 1. The van der Waals surface area contributed by atoms with Gasteiger partial charge in [0.1, 0.15) is 10.6 Å². The Balaban J connectivity index is 2.02. The van der Waals surface area contributed by atoms with Gasteiger partial charge in [0, 0.05) is 18.6 Å². The van der Waals surface area contributed by atoms with Crippen LogP contribution in [-0.2, 0) is 0 Å². The number of nitrogens with one attached hydrogen (secondary N) is 1. The monoisotopic (exact) mass is 364 g/mol. The predicted octanol–water partition coefficient (Wildman–Crippen LogP) is 3.93. The Hall–Kier alpha value is -1.34. The van der Waals surface area contributed by atoms with Crippen LogP contribution in [0.25, 0.3) is 10.2 Å². The number of hydrogen-bond acceptors (Lipinski definition) is 6. The van der Waals surface area contributed by atoms with Gasteiger partial charge in [-0.2, -0.15) is 0 Å². The fourth-order valence-electron chi connectivity index (χ4n) is 2.84. The van der Waals surface area contributed by atoms with Crippen molar-refractivity contribution in [2.24, 2.45) is 0 Å². The lowest BCUT2D eigenvalue weighted by molar-refractivity contribution is 0.0924. The van der Waals surface area contributed by atoms with E-state index < -0.39 is 0 Å². The van der Waals surface area contributed by atoms with Gasteiger partial charge in [0.25, 0.3) is 5.91 Å². The van der Waals surface area contributed by atoms with E-state index in [2.05, 4.69) is 15.2 Å². The average Bonchev–Trinajstić information content (AvgIpc) is 2.97. The molecule has 0 saturated carbocycles. The quantitative estimate of drug-likeness (QED) is 0.660. The summed E-state index contributed by atoms with van der Waals surface area (Å²) in [6.07, 6.45) is 5.66. The Labute approximate surface area is 151 Å². The molecular weight excluding hydrogens is 340 g/mol. The lowest BCUT2D eigenvalue weighted by atomic mass is 10.1. The third-order valence-electron chi connectivity index (χ3n) is 3.90. The molecule has 0 aromatic carbocycles. The van der Waals surface area contributed by atoms with Gasteiger partial charge in [0.15, 0.2) is 5.16 Å². The first kappa shape index (κ1) is 17.5. The summed E-state index contributed by atoms with van der Waals surface area (Å²) in [7, 11) is 0. The minimum Gasteiger partial charge on any atom is -0.356 e. The zero-order valence-corrected chi connectivity index (χ0v) is 16.3. The molecule has 1 saturated heterocycles. The fourth-order valence-corrected chi connectivity index (χ4v) is 4.18. The largest absolute Gasteiger partial charge is 0.356 e. The highest BCUT2D eigenvalue weighted by molar-refractivity contribution is 7.98. The first-order chi connectivity index (χ1) is 11.4. The summed E-state index contributed by atoms with van der Waals surface area (Å²) in [5.74, 6) is 0.941. The zero-order chi connectivity index (χ0) is 17.3. The molecule has 1 amide bonds. The molecule has 7 heteroatoms. The molecule has 1 aliphatic heterocycles. The minimum absolute atomic E-state index is 0.0409. The van der Waals surface area contributed by atoms with E-state index in [0.29, 0.717) is 4.88 Å². The van der Waals surface area contributed by atoms with Crippen molar-refractivity contribution in [3.05, 3.63) is 10.9 Å². The number of thiophene rings is 1. The maximum atomic E-state index is 12.5. The summed E-state index contributed by atoms with van der Waals surface area (Å²) in [4.78, 5) is 25.8. The minimum atomic E-state index is -0.251. The molecule has 5 nitrogen and oxygen atoms in total. The van der Waals surface area contributed by atoms with Crippen molar-refractivity contribution in [3.8, 4) is 0 Å². The second-order valence-electron chi connectivity index (χ2n) is 7.12. The predicted molar refractivity (Wildman–Crippen MR) is 102 cm³/mol. The molecule has 0 unspecified atom stereocenters. The number of aromatic nitrogens is 2. The van der Waals surface area contributed by atoms with Crippen molar-refractivity contribution in [2.45, 2.75) is 50.7 Å². The van der Waals surface area contributed by atoms with Crippen molar-refractivity contribution in [2.75, 3.05) is 24.2 Å². The van der Waals surface area contributed by atoms with E-state index >= 15 is 0 Å². The van der Waals surface area contributed by atoms with Crippen molar-refractivity contribution < 1.29 is 4.79 Å². The van der Waals surface area contributed by atoms with Crippen LogP contribution >= 0.6 is 23.1 Å².